The van der Waals surface area contributed by atoms with Crippen molar-refractivity contribution in [3.63, 3.8) is 0 Å². The van der Waals surface area contributed by atoms with Gasteiger partial charge in [-0.2, -0.15) is 0 Å². The van der Waals surface area contributed by atoms with Crippen molar-refractivity contribution in [1.82, 2.24) is 4.72 Å². The molecule has 1 aromatic rings. The van der Waals surface area contributed by atoms with Gasteiger partial charge >= 0.3 is 0 Å². The molecule has 0 aromatic heterocycles. The van der Waals surface area contributed by atoms with E-state index in [2.05, 4.69) is 4.72 Å². The number of hydrogen-bond donors (Lipinski definition) is 1. The molecule has 0 heterocycles. The Hall–Kier alpha value is -0.980. The minimum absolute atomic E-state index is 0.122. The van der Waals surface area contributed by atoms with E-state index in [1.165, 1.54) is 12.1 Å². The second-order valence-electron chi connectivity index (χ2n) is 5.84. The molecule has 0 atom stereocenters. The molecule has 1 aliphatic rings. The Labute approximate surface area is 141 Å². The van der Waals surface area contributed by atoms with E-state index in [4.69, 9.17) is 11.6 Å². The first-order valence-corrected chi connectivity index (χ1v) is 9.77. The van der Waals surface area contributed by atoms with Crippen LogP contribution in [0, 0.1) is 5.82 Å². The smallest absolute Gasteiger partial charge is 0.214 e. The molecule has 0 spiro atoms. The number of sulfonamides is 1. The molecule has 0 saturated heterocycles. The average Bonchev–Trinajstić information content (AvgIpc) is 2.56. The summed E-state index contributed by atoms with van der Waals surface area (Å²) in [6, 6.07) is 2.90. The van der Waals surface area contributed by atoms with Crippen LogP contribution < -0.4 is 4.72 Å². The number of carbonyl (C=O) groups is 1. The minimum atomic E-state index is -3.55. The second kappa shape index (κ2) is 7.73. The van der Waals surface area contributed by atoms with Crippen LogP contribution in [0.1, 0.15) is 54.9 Å². The number of halogens is 2. The normalized spacial score (nSPS) is 16.5. The molecule has 128 valence electrons. The van der Waals surface area contributed by atoms with Crippen LogP contribution in [-0.4, -0.2) is 26.0 Å². The van der Waals surface area contributed by atoms with E-state index in [1.54, 1.807) is 0 Å². The highest BCUT2D eigenvalue weighted by atomic mass is 35.5. The summed E-state index contributed by atoms with van der Waals surface area (Å²) in [6.45, 7) is 1.42. The van der Waals surface area contributed by atoms with Gasteiger partial charge in [0.25, 0.3) is 0 Å². The van der Waals surface area contributed by atoms with E-state index in [0.29, 0.717) is 19.3 Å². The minimum Gasteiger partial charge on any atom is -0.293 e. The molecule has 1 aromatic carbocycles. The molecule has 0 amide bonds. The topological polar surface area (TPSA) is 63.2 Å². The zero-order valence-corrected chi connectivity index (χ0v) is 14.6. The highest BCUT2D eigenvalue weighted by Gasteiger charge is 2.28. The molecule has 1 fully saturated rings. The molecule has 0 unspecified atom stereocenters. The summed E-state index contributed by atoms with van der Waals surface area (Å²) < 4.78 is 40.8. The fraction of sp³-hybridized carbons (Fsp3) is 0.562. The van der Waals surface area contributed by atoms with Gasteiger partial charge in [0, 0.05) is 0 Å². The Balaban J connectivity index is 2.09. The largest absolute Gasteiger partial charge is 0.293 e. The van der Waals surface area contributed by atoms with Crippen LogP contribution in [0.3, 0.4) is 0 Å². The van der Waals surface area contributed by atoms with Gasteiger partial charge in [0.2, 0.25) is 10.0 Å². The van der Waals surface area contributed by atoms with Gasteiger partial charge in [-0.05, 0) is 37.0 Å². The molecule has 0 aliphatic heterocycles. The fourth-order valence-corrected chi connectivity index (χ4v) is 4.57. The number of Topliss-reactive ketones (excluding diaryl/α,β-unsaturated/α-hetero) is 1. The van der Waals surface area contributed by atoms with Gasteiger partial charge in [0.1, 0.15) is 0 Å². The van der Waals surface area contributed by atoms with Crippen LogP contribution in [-0.2, 0) is 16.4 Å². The second-order valence-corrected chi connectivity index (χ2v) is 8.29. The number of hydrogen-bond acceptors (Lipinski definition) is 3. The van der Waals surface area contributed by atoms with E-state index in [-0.39, 0.29) is 10.6 Å². The Morgan fingerprint density at radius 2 is 1.96 bits per heavy atom. The molecule has 1 N–H and O–H groups in total. The van der Waals surface area contributed by atoms with Gasteiger partial charge in [0.15, 0.2) is 11.6 Å². The predicted molar refractivity (Wildman–Crippen MR) is 88.9 cm³/mol. The van der Waals surface area contributed by atoms with Crippen molar-refractivity contribution in [1.29, 1.82) is 0 Å². The highest BCUT2D eigenvalue weighted by molar-refractivity contribution is 7.90. The summed E-state index contributed by atoms with van der Waals surface area (Å²) in [5.41, 5.74) is 0.565. The van der Waals surface area contributed by atoms with Crippen molar-refractivity contribution < 1.29 is 17.6 Å². The third kappa shape index (κ3) is 4.52. The summed E-state index contributed by atoms with van der Waals surface area (Å²) in [4.78, 5) is 12.2. The maximum atomic E-state index is 14.0. The van der Waals surface area contributed by atoms with Crippen LogP contribution in [0.15, 0.2) is 12.1 Å². The van der Waals surface area contributed by atoms with E-state index >= 15 is 0 Å². The van der Waals surface area contributed by atoms with Gasteiger partial charge in [-0.25, -0.2) is 17.5 Å². The Kier molecular flexibility index (Phi) is 6.17. The summed E-state index contributed by atoms with van der Waals surface area (Å²) in [5, 5.41) is -0.581. The number of carbonyl (C=O) groups excluding carboxylic acids is 1. The SMILES string of the molecule is CCc1cc(Cl)c(F)c(C(=O)CNS(=O)(=O)C2CCCCC2)c1. The van der Waals surface area contributed by atoms with Gasteiger partial charge in [0.05, 0.1) is 22.4 Å². The summed E-state index contributed by atoms with van der Waals surface area (Å²) in [7, 11) is -3.55. The van der Waals surface area contributed by atoms with Crippen molar-refractivity contribution in [3.8, 4) is 0 Å². The van der Waals surface area contributed by atoms with Crippen LogP contribution in [0.4, 0.5) is 4.39 Å². The molecule has 0 radical (unpaired) electrons. The van der Waals surface area contributed by atoms with Crippen molar-refractivity contribution in [2.45, 2.75) is 50.7 Å². The van der Waals surface area contributed by atoms with Crippen LogP contribution in [0.25, 0.3) is 0 Å². The maximum absolute atomic E-state index is 14.0. The van der Waals surface area contributed by atoms with Crippen molar-refractivity contribution in [3.05, 3.63) is 34.1 Å². The Bertz CT molecular complexity index is 685. The summed E-state index contributed by atoms with van der Waals surface area (Å²) in [6.07, 6.45) is 4.61. The summed E-state index contributed by atoms with van der Waals surface area (Å²) in [5.74, 6) is -1.41. The molecule has 7 heteroatoms. The number of aryl methyl sites for hydroxylation is 1. The first-order chi connectivity index (χ1) is 10.8. The molecular weight excluding hydrogens is 341 g/mol. The molecular formula is C16H21ClFNO3S. The van der Waals surface area contributed by atoms with Gasteiger partial charge in [-0.1, -0.05) is 37.8 Å². The first-order valence-electron chi connectivity index (χ1n) is 7.84. The average molecular weight is 362 g/mol. The van der Waals surface area contributed by atoms with Gasteiger partial charge < -0.3 is 0 Å². The lowest BCUT2D eigenvalue weighted by Crippen LogP contribution is -2.38. The standard InChI is InChI=1S/C16H21ClFNO3S/c1-2-11-8-13(16(18)14(17)9-11)15(20)10-19-23(21,22)12-6-4-3-5-7-12/h8-9,12,19H,2-7,10H2,1H3. The molecule has 23 heavy (non-hydrogen) atoms. The fourth-order valence-electron chi connectivity index (χ4n) is 2.81. The Morgan fingerprint density at radius 3 is 2.57 bits per heavy atom. The van der Waals surface area contributed by atoms with Crippen molar-refractivity contribution in [2.24, 2.45) is 0 Å². The Morgan fingerprint density at radius 1 is 1.30 bits per heavy atom. The van der Waals surface area contributed by atoms with Crippen molar-refractivity contribution in [2.75, 3.05) is 6.54 Å². The highest BCUT2D eigenvalue weighted by Crippen LogP contribution is 2.24. The molecule has 1 aliphatic carbocycles. The molecule has 0 bridgehead atoms. The predicted octanol–water partition coefficient (Wildman–Crippen LogP) is 3.48. The quantitative estimate of drug-likeness (QED) is 0.789. The third-order valence-corrected chi connectivity index (χ3v) is 6.39. The number of nitrogens with one attached hydrogen (secondary N) is 1. The molecule has 2 rings (SSSR count). The third-order valence-electron chi connectivity index (χ3n) is 4.22. The van der Waals surface area contributed by atoms with Crippen LogP contribution in [0.2, 0.25) is 5.02 Å². The first kappa shape index (κ1) is 18.4. The van der Waals surface area contributed by atoms with Crippen LogP contribution >= 0.6 is 11.6 Å². The number of benzene rings is 1. The monoisotopic (exact) mass is 361 g/mol. The van der Waals surface area contributed by atoms with Crippen LogP contribution in [0.5, 0.6) is 0 Å². The van der Waals surface area contributed by atoms with Crippen molar-refractivity contribution >= 4 is 27.4 Å². The van der Waals surface area contributed by atoms with E-state index in [1.807, 2.05) is 6.92 Å². The molecule has 1 saturated carbocycles. The number of ketones is 1. The lowest BCUT2D eigenvalue weighted by molar-refractivity contribution is 0.0993. The van der Waals surface area contributed by atoms with Gasteiger partial charge in [-0.3, -0.25) is 4.79 Å². The summed E-state index contributed by atoms with van der Waals surface area (Å²) >= 11 is 5.79. The van der Waals surface area contributed by atoms with E-state index in [9.17, 15) is 17.6 Å². The lowest BCUT2D eigenvalue weighted by atomic mass is 10.0. The zero-order valence-electron chi connectivity index (χ0n) is 13.1. The van der Waals surface area contributed by atoms with E-state index in [0.717, 1.165) is 24.8 Å². The van der Waals surface area contributed by atoms with Gasteiger partial charge in [-0.15, -0.1) is 0 Å². The number of rotatable bonds is 6. The lowest BCUT2D eigenvalue weighted by Gasteiger charge is -2.21. The van der Waals surface area contributed by atoms with E-state index < -0.39 is 33.4 Å². The maximum Gasteiger partial charge on any atom is 0.214 e. The molecule has 4 nitrogen and oxygen atoms in total. The zero-order chi connectivity index (χ0) is 17.0.